The average Bonchev–Trinajstić information content (AvgIpc) is 3.70. The molecule has 0 aromatic carbocycles. The lowest BCUT2D eigenvalue weighted by Gasteiger charge is -2.51. The van der Waals surface area contributed by atoms with Gasteiger partial charge in [-0.1, -0.05) is 41.5 Å². The number of alkyl halides is 1. The topological polar surface area (TPSA) is 153 Å². The smallest absolute Gasteiger partial charge is 0.308 e. The molecule has 11 nitrogen and oxygen atoms in total. The molecule has 12 heteroatoms. The predicted octanol–water partition coefficient (Wildman–Crippen LogP) is 5.43. The lowest BCUT2D eigenvalue weighted by molar-refractivity contribution is -0.340. The molecule has 0 bridgehead atoms. The van der Waals surface area contributed by atoms with Crippen molar-refractivity contribution in [2.24, 2.45) is 35.5 Å². The molecule has 5 aliphatic rings. The number of carbonyl (C=O) groups is 1. The monoisotopic (exact) mass is 810 g/mol. The van der Waals surface area contributed by atoms with Crippen LogP contribution in [0.4, 0.5) is 0 Å². The second-order valence-corrected chi connectivity index (χ2v) is 18.7. The third kappa shape index (κ3) is 6.55. The van der Waals surface area contributed by atoms with E-state index in [-0.39, 0.29) is 41.8 Å². The molecule has 5 aliphatic heterocycles. The van der Waals surface area contributed by atoms with Gasteiger partial charge in [0.2, 0.25) is 0 Å². The van der Waals surface area contributed by atoms with E-state index in [2.05, 4.69) is 57.2 Å². The molecule has 0 radical (unpaired) electrons. The van der Waals surface area contributed by atoms with Gasteiger partial charge < -0.3 is 48.8 Å². The van der Waals surface area contributed by atoms with Crippen LogP contribution >= 0.6 is 22.6 Å². The van der Waals surface area contributed by atoms with E-state index in [0.717, 1.165) is 32.1 Å². The fraction of sp³-hybridized carbons (Fsp3) is 0.973. The molecule has 1 unspecified atom stereocenters. The Morgan fingerprint density at radius 3 is 2.24 bits per heavy atom. The van der Waals surface area contributed by atoms with Crippen molar-refractivity contribution in [3.05, 3.63) is 0 Å². The van der Waals surface area contributed by atoms with Crippen molar-refractivity contribution in [1.29, 1.82) is 0 Å². The number of ether oxygens (including phenoxy) is 6. The van der Waals surface area contributed by atoms with Gasteiger partial charge in [0.05, 0.1) is 54.2 Å². The highest BCUT2D eigenvalue weighted by molar-refractivity contribution is 14.1. The Balaban J connectivity index is 1.35. The Morgan fingerprint density at radius 1 is 0.980 bits per heavy atom. The zero-order chi connectivity index (χ0) is 36.5. The number of aliphatic carboxylic acids is 1. The minimum absolute atomic E-state index is 0.139. The molecule has 4 N–H and O–H groups in total. The Morgan fingerprint density at radius 2 is 1.65 bits per heavy atom. The molecule has 17 atom stereocenters. The van der Waals surface area contributed by atoms with Crippen molar-refractivity contribution in [3.63, 3.8) is 0 Å². The number of methoxy groups -OCH3 is 1. The standard InChI is InChI=1S/C37H63IO11/c1-11-34(33(9)21(3)17-27(45-33)28-20(2)16-22(4)36(43,19-39)47-28)13-15-37(38,49-34)32(8)12-14-35(48-32)18-26(40)23(5)30(46-35)24(6)29(44-10)25(7)31(41)42/h20-30,39-40,43H,11-19H2,1-10H3,(H,41,42)/t20-,21-,22+,23+,24-,25?,26-,27+,28-,29+,30-,32-,33+,34-,35+,36-,37+/m0/s1. The van der Waals surface area contributed by atoms with Crippen LogP contribution in [0.5, 0.6) is 0 Å². The van der Waals surface area contributed by atoms with Gasteiger partial charge >= 0.3 is 5.97 Å². The third-order valence-electron chi connectivity index (χ3n) is 14.0. The zero-order valence-electron chi connectivity index (χ0n) is 31.2. The van der Waals surface area contributed by atoms with Crippen molar-refractivity contribution in [2.45, 2.75) is 176 Å². The van der Waals surface area contributed by atoms with Crippen LogP contribution in [0.15, 0.2) is 0 Å². The van der Waals surface area contributed by atoms with Gasteiger partial charge in [0.15, 0.2) is 11.6 Å². The van der Waals surface area contributed by atoms with Gasteiger partial charge in [-0.3, -0.25) is 4.79 Å². The van der Waals surface area contributed by atoms with Gasteiger partial charge in [0, 0.05) is 37.7 Å². The summed E-state index contributed by atoms with van der Waals surface area (Å²) in [6.07, 6.45) is 2.93. The molecular weight excluding hydrogens is 747 g/mol. The molecule has 0 aromatic heterocycles. The summed E-state index contributed by atoms with van der Waals surface area (Å²) in [6, 6.07) is 0. The van der Waals surface area contributed by atoms with Crippen LogP contribution in [-0.2, 0) is 33.2 Å². The summed E-state index contributed by atoms with van der Waals surface area (Å²) < 4.78 is 39.5. The van der Waals surface area contributed by atoms with Crippen LogP contribution in [-0.4, -0.2) is 103 Å². The summed E-state index contributed by atoms with van der Waals surface area (Å²) in [7, 11) is 1.52. The molecule has 5 heterocycles. The molecule has 0 aliphatic carbocycles. The van der Waals surface area contributed by atoms with Crippen molar-refractivity contribution in [2.75, 3.05) is 13.7 Å². The predicted molar refractivity (Wildman–Crippen MR) is 190 cm³/mol. The molecule has 0 amide bonds. The first-order valence-corrected chi connectivity index (χ1v) is 19.7. The maximum absolute atomic E-state index is 11.9. The number of aliphatic hydroxyl groups excluding tert-OH is 2. The summed E-state index contributed by atoms with van der Waals surface area (Å²) in [5, 5.41) is 42.2. The van der Waals surface area contributed by atoms with E-state index in [1.807, 2.05) is 20.8 Å². The van der Waals surface area contributed by atoms with E-state index < -0.39 is 68.8 Å². The first-order chi connectivity index (χ1) is 22.7. The van der Waals surface area contributed by atoms with Crippen molar-refractivity contribution >= 4 is 28.6 Å². The van der Waals surface area contributed by atoms with E-state index in [9.17, 15) is 25.2 Å². The van der Waals surface area contributed by atoms with Gasteiger partial charge in [-0.2, -0.15) is 0 Å². The third-order valence-corrected chi connectivity index (χ3v) is 15.9. The number of carboxylic acid groups (broad SMARTS) is 1. The number of halogens is 1. The van der Waals surface area contributed by atoms with Crippen LogP contribution < -0.4 is 0 Å². The Labute approximate surface area is 306 Å². The molecule has 0 saturated carbocycles. The van der Waals surface area contributed by atoms with E-state index in [1.165, 1.54) is 7.11 Å². The Hall–Kier alpha value is -0.160. The highest BCUT2D eigenvalue weighted by Gasteiger charge is 2.70. The SMILES string of the molecule is CC[C@@]1([C@]2(C)O[C@@H]([C@H]3O[C@@](O)(CO)[C@H](C)C[C@@H]3C)C[C@@H]2C)CC[C@](I)([C@]2(C)CC[C@]3(C[C@H](O)[C@@H](C)[C@@H]([C@@H](C)[C@@H](OC)C(C)C(=O)O)O3)O2)O1. The number of carboxylic acids is 1. The summed E-state index contributed by atoms with van der Waals surface area (Å²) in [4.78, 5) is 11.9. The minimum Gasteiger partial charge on any atom is -0.481 e. The maximum atomic E-state index is 11.9. The number of hydrogen-bond donors (Lipinski definition) is 4. The lowest BCUT2D eigenvalue weighted by atomic mass is 9.72. The van der Waals surface area contributed by atoms with Gasteiger partial charge in [-0.25, -0.2) is 0 Å². The minimum atomic E-state index is -1.58. The molecule has 1 spiro atoms. The molecule has 49 heavy (non-hydrogen) atoms. The number of hydrogen-bond acceptors (Lipinski definition) is 10. The summed E-state index contributed by atoms with van der Waals surface area (Å²) >= 11 is 2.44. The van der Waals surface area contributed by atoms with E-state index in [0.29, 0.717) is 19.3 Å². The van der Waals surface area contributed by atoms with E-state index in [1.54, 1.807) is 6.92 Å². The Bertz CT molecular complexity index is 1210. The van der Waals surface area contributed by atoms with Crippen molar-refractivity contribution in [1.82, 2.24) is 0 Å². The normalized spacial score (nSPS) is 52.4. The van der Waals surface area contributed by atoms with Gasteiger partial charge in [-0.05, 0) is 93.7 Å². The largest absolute Gasteiger partial charge is 0.481 e. The molecule has 0 aromatic rings. The number of rotatable bonds is 10. The summed E-state index contributed by atoms with van der Waals surface area (Å²) in [5.74, 6) is -4.74. The molecule has 5 fully saturated rings. The first kappa shape index (κ1) is 40.0. The highest BCUT2D eigenvalue weighted by Crippen LogP contribution is 2.63. The lowest BCUT2D eigenvalue weighted by Crippen LogP contribution is -2.60. The van der Waals surface area contributed by atoms with Crippen LogP contribution in [0.25, 0.3) is 0 Å². The van der Waals surface area contributed by atoms with Crippen molar-refractivity contribution < 1.29 is 53.6 Å². The van der Waals surface area contributed by atoms with Gasteiger partial charge in [0.1, 0.15) is 9.21 Å². The quantitative estimate of drug-likeness (QED) is 0.165. The second-order valence-electron chi connectivity index (χ2n) is 16.9. The van der Waals surface area contributed by atoms with Crippen LogP contribution in [0.1, 0.15) is 114 Å². The first-order valence-electron chi connectivity index (χ1n) is 18.6. The van der Waals surface area contributed by atoms with Gasteiger partial charge in [-0.15, -0.1) is 0 Å². The second kappa shape index (κ2) is 13.9. The van der Waals surface area contributed by atoms with Crippen molar-refractivity contribution in [3.8, 4) is 0 Å². The zero-order valence-corrected chi connectivity index (χ0v) is 33.4. The van der Waals surface area contributed by atoms with E-state index >= 15 is 0 Å². The van der Waals surface area contributed by atoms with Crippen LogP contribution in [0.2, 0.25) is 0 Å². The summed E-state index contributed by atoms with van der Waals surface area (Å²) in [6.45, 7) is 17.7. The Kier molecular flexibility index (Phi) is 11.4. The molecule has 5 saturated heterocycles. The number of aliphatic hydroxyl groups is 3. The average molecular weight is 811 g/mol. The molecule has 5 rings (SSSR count). The summed E-state index contributed by atoms with van der Waals surface area (Å²) in [5.41, 5.74) is -1.99. The highest BCUT2D eigenvalue weighted by atomic mass is 127. The molecular formula is C37H63IO11. The molecule has 284 valence electrons. The fourth-order valence-corrected chi connectivity index (χ4v) is 11.3. The van der Waals surface area contributed by atoms with Crippen LogP contribution in [0.3, 0.4) is 0 Å². The fourth-order valence-electron chi connectivity index (χ4n) is 10.2. The van der Waals surface area contributed by atoms with Gasteiger partial charge in [0.25, 0.3) is 0 Å². The van der Waals surface area contributed by atoms with E-state index in [4.69, 9.17) is 28.4 Å². The van der Waals surface area contributed by atoms with Crippen LogP contribution in [0, 0.1) is 35.5 Å². The maximum Gasteiger partial charge on any atom is 0.308 e.